The van der Waals surface area contributed by atoms with Crippen molar-refractivity contribution in [2.75, 3.05) is 5.32 Å². The number of benzene rings is 3. The van der Waals surface area contributed by atoms with E-state index in [-0.39, 0.29) is 5.91 Å². The normalized spacial score (nSPS) is 11.8. The van der Waals surface area contributed by atoms with Gasteiger partial charge in [-0.1, -0.05) is 66.7 Å². The minimum atomic E-state index is -0.425. The molecule has 0 radical (unpaired) electrons. The van der Waals surface area contributed by atoms with Gasteiger partial charge >= 0.3 is 0 Å². The summed E-state index contributed by atoms with van der Waals surface area (Å²) in [6.45, 7) is 6.75. The highest BCUT2D eigenvalue weighted by Gasteiger charge is 2.21. The van der Waals surface area contributed by atoms with Gasteiger partial charge in [0.25, 0.3) is 0 Å². The zero-order valence-electron chi connectivity index (χ0n) is 16.1. The van der Waals surface area contributed by atoms with E-state index in [1.54, 1.807) is 0 Å². The summed E-state index contributed by atoms with van der Waals surface area (Å²) in [4.78, 5) is 13.1. The molecule has 0 spiro atoms. The van der Waals surface area contributed by atoms with Gasteiger partial charge in [-0.25, -0.2) is 0 Å². The molecule has 0 saturated heterocycles. The van der Waals surface area contributed by atoms with E-state index in [1.165, 1.54) is 11.1 Å². The number of amides is 1. The molecule has 1 amide bonds. The van der Waals surface area contributed by atoms with Crippen LogP contribution >= 0.6 is 0 Å². The van der Waals surface area contributed by atoms with Crippen LogP contribution in [-0.4, -0.2) is 5.91 Å². The van der Waals surface area contributed by atoms with Gasteiger partial charge in [-0.3, -0.25) is 10.1 Å². The first-order valence-corrected chi connectivity index (χ1v) is 9.25. The summed E-state index contributed by atoms with van der Waals surface area (Å²) in [5.41, 5.74) is 6.40. The highest BCUT2D eigenvalue weighted by molar-refractivity contribution is 5.96. The number of nitrogens with one attached hydrogen (secondary N) is 2. The van der Waals surface area contributed by atoms with Crippen LogP contribution in [0.3, 0.4) is 0 Å². The molecule has 0 unspecified atom stereocenters. The Morgan fingerprint density at radius 2 is 1.56 bits per heavy atom. The Morgan fingerprint density at radius 1 is 0.852 bits per heavy atom. The van der Waals surface area contributed by atoms with Crippen molar-refractivity contribution in [3.05, 3.63) is 101 Å². The Bertz CT molecular complexity index is 919. The van der Waals surface area contributed by atoms with Crippen molar-refractivity contribution in [1.82, 2.24) is 5.32 Å². The SMILES string of the molecule is Cc1ccc(C)c(NC(=O)[C@H](NCc2ccccc2C)c2ccccc2)c1. The first-order valence-electron chi connectivity index (χ1n) is 9.25. The van der Waals surface area contributed by atoms with Gasteiger partial charge in [0, 0.05) is 12.2 Å². The summed E-state index contributed by atoms with van der Waals surface area (Å²) in [6.07, 6.45) is 0. The average Bonchev–Trinajstić information content (AvgIpc) is 2.67. The van der Waals surface area contributed by atoms with Crippen LogP contribution in [0.2, 0.25) is 0 Å². The second-order valence-electron chi connectivity index (χ2n) is 6.96. The second-order valence-corrected chi connectivity index (χ2v) is 6.96. The lowest BCUT2D eigenvalue weighted by atomic mass is 10.0. The lowest BCUT2D eigenvalue weighted by molar-refractivity contribution is -0.118. The first-order chi connectivity index (χ1) is 13.0. The third kappa shape index (κ3) is 4.83. The van der Waals surface area contributed by atoms with E-state index in [0.717, 1.165) is 22.4 Å². The topological polar surface area (TPSA) is 41.1 Å². The predicted octanol–water partition coefficient (Wildman–Crippen LogP) is 5.08. The van der Waals surface area contributed by atoms with Crippen LogP contribution in [0.1, 0.15) is 33.9 Å². The molecule has 0 fully saturated rings. The minimum absolute atomic E-state index is 0.0523. The molecule has 138 valence electrons. The maximum atomic E-state index is 13.1. The molecule has 27 heavy (non-hydrogen) atoms. The highest BCUT2D eigenvalue weighted by Crippen LogP contribution is 2.21. The number of carbonyl (C=O) groups excluding carboxylic acids is 1. The minimum Gasteiger partial charge on any atom is -0.324 e. The molecule has 0 heterocycles. The van der Waals surface area contributed by atoms with Crippen molar-refractivity contribution in [2.45, 2.75) is 33.4 Å². The summed E-state index contributed by atoms with van der Waals surface area (Å²) in [7, 11) is 0. The zero-order chi connectivity index (χ0) is 19.2. The van der Waals surface area contributed by atoms with Crippen molar-refractivity contribution in [3.63, 3.8) is 0 Å². The van der Waals surface area contributed by atoms with E-state index in [0.29, 0.717) is 6.54 Å². The molecule has 3 nitrogen and oxygen atoms in total. The van der Waals surface area contributed by atoms with Gasteiger partial charge in [0.15, 0.2) is 0 Å². The smallest absolute Gasteiger partial charge is 0.246 e. The zero-order valence-corrected chi connectivity index (χ0v) is 16.1. The molecule has 3 heteroatoms. The van der Waals surface area contributed by atoms with E-state index in [4.69, 9.17) is 0 Å². The van der Waals surface area contributed by atoms with Crippen LogP contribution in [0.4, 0.5) is 5.69 Å². The fourth-order valence-electron chi connectivity index (χ4n) is 3.10. The van der Waals surface area contributed by atoms with Crippen LogP contribution in [0.25, 0.3) is 0 Å². The van der Waals surface area contributed by atoms with E-state index < -0.39 is 6.04 Å². The van der Waals surface area contributed by atoms with Crippen molar-refractivity contribution in [3.8, 4) is 0 Å². The molecule has 0 saturated carbocycles. The number of hydrogen-bond donors (Lipinski definition) is 2. The number of rotatable bonds is 6. The number of anilines is 1. The molecule has 0 aliphatic carbocycles. The Kier molecular flexibility index (Phi) is 6.05. The number of hydrogen-bond acceptors (Lipinski definition) is 2. The fourth-order valence-corrected chi connectivity index (χ4v) is 3.10. The van der Waals surface area contributed by atoms with E-state index in [9.17, 15) is 4.79 Å². The van der Waals surface area contributed by atoms with E-state index in [1.807, 2.05) is 68.4 Å². The summed E-state index contributed by atoms with van der Waals surface area (Å²) in [6, 6.07) is 23.8. The van der Waals surface area contributed by atoms with Gasteiger partial charge in [0.2, 0.25) is 5.91 Å². The van der Waals surface area contributed by atoms with Crippen LogP contribution in [0.15, 0.2) is 72.8 Å². The summed E-state index contributed by atoms with van der Waals surface area (Å²) < 4.78 is 0. The molecule has 0 aromatic heterocycles. The standard InChI is InChI=1S/C24H26N2O/c1-17-13-14-19(3)22(15-17)26-24(27)23(20-10-5-4-6-11-20)25-16-21-12-8-7-9-18(21)2/h4-15,23,25H,16H2,1-3H3,(H,26,27)/t23-/m1/s1. The molecule has 3 aromatic rings. The molecule has 0 aliphatic rings. The van der Waals surface area contributed by atoms with E-state index in [2.05, 4.69) is 35.8 Å². The molecule has 3 rings (SSSR count). The predicted molar refractivity (Wildman–Crippen MR) is 112 cm³/mol. The quantitative estimate of drug-likeness (QED) is 0.645. The largest absolute Gasteiger partial charge is 0.324 e. The van der Waals surface area contributed by atoms with Gasteiger partial charge in [-0.15, -0.1) is 0 Å². The number of carbonyl (C=O) groups is 1. The molecule has 0 aliphatic heterocycles. The molecule has 2 N–H and O–H groups in total. The summed E-state index contributed by atoms with van der Waals surface area (Å²) in [5.74, 6) is -0.0523. The third-order valence-electron chi connectivity index (χ3n) is 4.80. The maximum Gasteiger partial charge on any atom is 0.246 e. The Labute approximate surface area is 161 Å². The van der Waals surface area contributed by atoms with Crippen LogP contribution < -0.4 is 10.6 Å². The molecule has 0 bridgehead atoms. The molecule has 3 aromatic carbocycles. The Balaban J connectivity index is 1.82. The van der Waals surface area contributed by atoms with Crippen molar-refractivity contribution < 1.29 is 4.79 Å². The molecular weight excluding hydrogens is 332 g/mol. The molecular formula is C24H26N2O. The van der Waals surface area contributed by atoms with Crippen molar-refractivity contribution in [2.24, 2.45) is 0 Å². The maximum absolute atomic E-state index is 13.1. The Hall–Kier alpha value is -2.91. The fraction of sp³-hybridized carbons (Fsp3) is 0.208. The van der Waals surface area contributed by atoms with Gasteiger partial charge in [0.05, 0.1) is 0 Å². The van der Waals surface area contributed by atoms with Crippen molar-refractivity contribution >= 4 is 11.6 Å². The first kappa shape index (κ1) is 18.9. The highest BCUT2D eigenvalue weighted by atomic mass is 16.2. The monoisotopic (exact) mass is 358 g/mol. The number of aryl methyl sites for hydroxylation is 3. The Morgan fingerprint density at radius 3 is 2.30 bits per heavy atom. The lowest BCUT2D eigenvalue weighted by Gasteiger charge is -2.20. The van der Waals surface area contributed by atoms with Gasteiger partial charge in [-0.05, 0) is 54.7 Å². The molecule has 1 atom stereocenters. The van der Waals surface area contributed by atoms with Crippen LogP contribution in [0, 0.1) is 20.8 Å². The van der Waals surface area contributed by atoms with E-state index >= 15 is 0 Å². The second kappa shape index (κ2) is 8.65. The van der Waals surface area contributed by atoms with Gasteiger partial charge < -0.3 is 5.32 Å². The van der Waals surface area contributed by atoms with Gasteiger partial charge in [-0.2, -0.15) is 0 Å². The summed E-state index contributed by atoms with van der Waals surface area (Å²) in [5, 5.41) is 6.53. The van der Waals surface area contributed by atoms with Gasteiger partial charge in [0.1, 0.15) is 6.04 Å². The van der Waals surface area contributed by atoms with Crippen molar-refractivity contribution in [1.29, 1.82) is 0 Å². The van der Waals surface area contributed by atoms with Crippen LogP contribution in [0.5, 0.6) is 0 Å². The lowest BCUT2D eigenvalue weighted by Crippen LogP contribution is -2.33. The third-order valence-corrected chi connectivity index (χ3v) is 4.80. The average molecular weight is 358 g/mol. The summed E-state index contributed by atoms with van der Waals surface area (Å²) >= 11 is 0. The van der Waals surface area contributed by atoms with Crippen LogP contribution in [-0.2, 0) is 11.3 Å².